The molecule has 0 radical (unpaired) electrons. The van der Waals surface area contributed by atoms with E-state index < -0.39 is 0 Å². The van der Waals surface area contributed by atoms with Crippen molar-refractivity contribution in [2.45, 2.75) is 45.4 Å². The fourth-order valence-electron chi connectivity index (χ4n) is 3.71. The maximum atomic E-state index is 5.92. The summed E-state index contributed by atoms with van der Waals surface area (Å²) in [7, 11) is 1.96. The van der Waals surface area contributed by atoms with Crippen molar-refractivity contribution in [2.75, 3.05) is 6.61 Å². The summed E-state index contributed by atoms with van der Waals surface area (Å²) in [6, 6.07) is 2.64. The molecule has 3 unspecified atom stereocenters. The van der Waals surface area contributed by atoms with Crippen molar-refractivity contribution in [3.05, 3.63) is 18.0 Å². The highest BCUT2D eigenvalue weighted by molar-refractivity contribution is 5.11. The van der Waals surface area contributed by atoms with E-state index in [1.807, 2.05) is 17.9 Å². The minimum atomic E-state index is 0.250. The minimum Gasteiger partial charge on any atom is -0.377 e. The van der Waals surface area contributed by atoms with Crippen LogP contribution in [0.5, 0.6) is 0 Å². The number of nitrogens with one attached hydrogen (secondary N) is 1. The molecule has 3 atom stereocenters. The monoisotopic (exact) mass is 249 g/mol. The third kappa shape index (κ3) is 1.88. The largest absolute Gasteiger partial charge is 0.377 e. The fraction of sp³-hybridized carbons (Fsp3) is 0.786. The predicted octanol–water partition coefficient (Wildman–Crippen LogP) is 1.71. The summed E-state index contributed by atoms with van der Waals surface area (Å²) < 4.78 is 7.78. The molecular formula is C14H23N3O. The number of ether oxygens (including phenoxy) is 1. The number of fused-ring (bicyclic) bond motifs is 1. The summed E-state index contributed by atoms with van der Waals surface area (Å²) in [4.78, 5) is 0. The Labute approximate surface area is 109 Å². The van der Waals surface area contributed by atoms with Gasteiger partial charge in [0, 0.05) is 43.8 Å². The van der Waals surface area contributed by atoms with Crippen LogP contribution in [0.1, 0.15) is 32.4 Å². The number of nitrogens with zero attached hydrogens (tertiary/aromatic N) is 2. The van der Waals surface area contributed by atoms with E-state index in [-0.39, 0.29) is 5.41 Å². The average molecular weight is 249 g/mol. The summed E-state index contributed by atoms with van der Waals surface area (Å²) in [6.45, 7) is 6.43. The van der Waals surface area contributed by atoms with Crippen LogP contribution in [-0.4, -0.2) is 28.5 Å². The number of aromatic nitrogens is 2. The van der Waals surface area contributed by atoms with E-state index in [4.69, 9.17) is 4.74 Å². The number of aryl methyl sites for hydroxylation is 1. The molecule has 1 aromatic rings. The van der Waals surface area contributed by atoms with E-state index in [9.17, 15) is 0 Å². The molecule has 1 aliphatic carbocycles. The van der Waals surface area contributed by atoms with Crippen molar-refractivity contribution in [1.29, 1.82) is 0 Å². The molecule has 1 aliphatic heterocycles. The zero-order valence-electron chi connectivity index (χ0n) is 11.5. The maximum Gasteiger partial charge on any atom is 0.0762 e. The van der Waals surface area contributed by atoms with E-state index in [0.717, 1.165) is 18.8 Å². The lowest BCUT2D eigenvalue weighted by Crippen LogP contribution is -2.69. The lowest BCUT2D eigenvalue weighted by molar-refractivity contribution is -0.193. The van der Waals surface area contributed by atoms with Gasteiger partial charge in [0.25, 0.3) is 0 Å². The normalized spacial score (nSPS) is 33.8. The van der Waals surface area contributed by atoms with Gasteiger partial charge in [0.15, 0.2) is 0 Å². The molecule has 100 valence electrons. The predicted molar refractivity (Wildman–Crippen MR) is 70.1 cm³/mol. The van der Waals surface area contributed by atoms with Gasteiger partial charge in [-0.05, 0) is 18.9 Å². The standard InChI is InChI=1S/C14H23N3O/c1-14(2)12(11-5-4-8-18-13(11)14)15-9-10-6-7-17(3)16-10/h6-7,11-13,15H,4-5,8-9H2,1-3H3. The van der Waals surface area contributed by atoms with E-state index in [2.05, 4.69) is 30.3 Å². The molecule has 2 fully saturated rings. The molecule has 18 heavy (non-hydrogen) atoms. The van der Waals surface area contributed by atoms with Gasteiger partial charge >= 0.3 is 0 Å². The van der Waals surface area contributed by atoms with Crippen LogP contribution >= 0.6 is 0 Å². The zero-order valence-corrected chi connectivity index (χ0v) is 11.5. The summed E-state index contributed by atoms with van der Waals surface area (Å²) in [5.41, 5.74) is 1.37. The van der Waals surface area contributed by atoms with Gasteiger partial charge in [-0.3, -0.25) is 4.68 Å². The lowest BCUT2D eigenvalue weighted by atomic mass is 9.55. The van der Waals surface area contributed by atoms with Gasteiger partial charge in [-0.25, -0.2) is 0 Å². The van der Waals surface area contributed by atoms with Gasteiger partial charge in [-0.2, -0.15) is 5.10 Å². The zero-order chi connectivity index (χ0) is 12.8. The van der Waals surface area contributed by atoms with Crippen LogP contribution in [0, 0.1) is 11.3 Å². The van der Waals surface area contributed by atoms with Crippen LogP contribution in [0.25, 0.3) is 0 Å². The topological polar surface area (TPSA) is 39.1 Å². The molecule has 0 aromatic carbocycles. The van der Waals surface area contributed by atoms with Crippen LogP contribution in [0.4, 0.5) is 0 Å². The highest BCUT2D eigenvalue weighted by atomic mass is 16.5. The van der Waals surface area contributed by atoms with Gasteiger partial charge in [0.1, 0.15) is 0 Å². The highest BCUT2D eigenvalue weighted by Gasteiger charge is 2.57. The molecular weight excluding hydrogens is 226 g/mol. The Morgan fingerprint density at radius 1 is 1.56 bits per heavy atom. The Bertz CT molecular complexity index is 426. The molecule has 1 N–H and O–H groups in total. The van der Waals surface area contributed by atoms with Crippen molar-refractivity contribution < 1.29 is 4.74 Å². The molecule has 0 amide bonds. The summed E-state index contributed by atoms with van der Waals surface area (Å²) >= 11 is 0. The Kier molecular flexibility index (Phi) is 2.94. The molecule has 4 nitrogen and oxygen atoms in total. The fourth-order valence-corrected chi connectivity index (χ4v) is 3.71. The van der Waals surface area contributed by atoms with E-state index in [1.165, 1.54) is 12.8 Å². The average Bonchev–Trinajstić information content (AvgIpc) is 2.75. The van der Waals surface area contributed by atoms with Crippen LogP contribution in [0.2, 0.25) is 0 Å². The smallest absolute Gasteiger partial charge is 0.0762 e. The lowest BCUT2D eigenvalue weighted by Gasteiger charge is -2.60. The number of hydrogen-bond donors (Lipinski definition) is 1. The van der Waals surface area contributed by atoms with Gasteiger partial charge in [0.05, 0.1) is 11.8 Å². The van der Waals surface area contributed by atoms with E-state index >= 15 is 0 Å². The second-order valence-corrected chi connectivity index (χ2v) is 6.26. The van der Waals surface area contributed by atoms with Crippen molar-refractivity contribution in [1.82, 2.24) is 15.1 Å². The third-order valence-electron chi connectivity index (χ3n) is 4.60. The molecule has 2 heterocycles. The van der Waals surface area contributed by atoms with E-state index in [0.29, 0.717) is 18.1 Å². The molecule has 0 bridgehead atoms. The van der Waals surface area contributed by atoms with Crippen LogP contribution in [-0.2, 0) is 18.3 Å². The SMILES string of the molecule is Cn1ccc(CNC2C3CCCOC3C2(C)C)n1. The van der Waals surface area contributed by atoms with Gasteiger partial charge in [-0.1, -0.05) is 13.8 Å². The van der Waals surface area contributed by atoms with Crippen molar-refractivity contribution in [3.8, 4) is 0 Å². The van der Waals surface area contributed by atoms with E-state index in [1.54, 1.807) is 0 Å². The Hall–Kier alpha value is -0.870. The van der Waals surface area contributed by atoms with Crippen molar-refractivity contribution in [2.24, 2.45) is 18.4 Å². The Morgan fingerprint density at radius 3 is 3.11 bits per heavy atom. The molecule has 0 spiro atoms. The molecule has 1 saturated heterocycles. The summed E-state index contributed by atoms with van der Waals surface area (Å²) in [5.74, 6) is 0.692. The first kappa shape index (κ1) is 12.2. The Morgan fingerprint density at radius 2 is 2.39 bits per heavy atom. The first-order chi connectivity index (χ1) is 8.59. The van der Waals surface area contributed by atoms with Crippen molar-refractivity contribution >= 4 is 0 Å². The maximum absolute atomic E-state index is 5.92. The molecule has 1 aromatic heterocycles. The quantitative estimate of drug-likeness (QED) is 0.886. The molecule has 1 saturated carbocycles. The first-order valence-corrected chi connectivity index (χ1v) is 6.92. The number of hydrogen-bond acceptors (Lipinski definition) is 3. The number of rotatable bonds is 3. The second-order valence-electron chi connectivity index (χ2n) is 6.26. The minimum absolute atomic E-state index is 0.250. The third-order valence-corrected chi connectivity index (χ3v) is 4.60. The molecule has 3 rings (SSSR count). The Balaban J connectivity index is 1.62. The van der Waals surface area contributed by atoms with Gasteiger partial charge in [-0.15, -0.1) is 0 Å². The first-order valence-electron chi connectivity index (χ1n) is 6.92. The second kappa shape index (κ2) is 4.35. The van der Waals surface area contributed by atoms with Gasteiger partial charge in [0.2, 0.25) is 0 Å². The van der Waals surface area contributed by atoms with Gasteiger partial charge < -0.3 is 10.1 Å². The molecule has 2 aliphatic rings. The highest BCUT2D eigenvalue weighted by Crippen LogP contribution is 2.51. The molecule has 4 heteroatoms. The van der Waals surface area contributed by atoms with Crippen LogP contribution in [0.15, 0.2) is 12.3 Å². The van der Waals surface area contributed by atoms with Crippen LogP contribution < -0.4 is 5.32 Å². The van der Waals surface area contributed by atoms with Crippen LogP contribution in [0.3, 0.4) is 0 Å². The van der Waals surface area contributed by atoms with Crippen molar-refractivity contribution in [3.63, 3.8) is 0 Å². The summed E-state index contributed by atoms with van der Waals surface area (Å²) in [5, 5.41) is 8.10. The summed E-state index contributed by atoms with van der Waals surface area (Å²) in [6.07, 6.45) is 4.95.